The fourth-order valence-corrected chi connectivity index (χ4v) is 10.5. The van der Waals surface area contributed by atoms with Gasteiger partial charge in [-0.2, -0.15) is 0 Å². The quantitative estimate of drug-likeness (QED) is 0.166. The van der Waals surface area contributed by atoms with Gasteiger partial charge in [0.1, 0.15) is 0 Å². The third-order valence-electron chi connectivity index (χ3n) is 13.5. The largest absolute Gasteiger partial charge is 0.278 e. The number of fused-ring (bicyclic) bond motifs is 14. The van der Waals surface area contributed by atoms with Crippen molar-refractivity contribution in [3.63, 3.8) is 0 Å². The van der Waals surface area contributed by atoms with E-state index in [2.05, 4.69) is 219 Å². The third-order valence-corrected chi connectivity index (χ3v) is 13.5. The molecule has 0 fully saturated rings. The summed E-state index contributed by atoms with van der Waals surface area (Å²) in [6.45, 7) is 4.62. The van der Waals surface area contributed by atoms with E-state index < -0.39 is 0 Å². The van der Waals surface area contributed by atoms with Crippen LogP contribution in [0.15, 0.2) is 200 Å². The van der Waals surface area contributed by atoms with Crippen molar-refractivity contribution < 1.29 is 0 Å². The van der Waals surface area contributed by atoms with Gasteiger partial charge in [-0.05, 0) is 89.3 Å². The first-order valence-corrected chi connectivity index (χ1v) is 21.5. The topological polar surface area (TPSA) is 30.7 Å². The average Bonchev–Trinajstić information content (AvgIpc) is 3.78. The van der Waals surface area contributed by atoms with E-state index in [-0.39, 0.29) is 5.41 Å². The van der Waals surface area contributed by atoms with Crippen LogP contribution in [0.5, 0.6) is 0 Å². The molecule has 62 heavy (non-hydrogen) atoms. The van der Waals surface area contributed by atoms with Gasteiger partial charge in [0.2, 0.25) is 5.95 Å². The average molecular weight is 790 g/mol. The van der Waals surface area contributed by atoms with E-state index in [1.165, 1.54) is 87.2 Å². The Balaban J connectivity index is 1.08. The Labute approximate surface area is 359 Å². The molecule has 2 aromatic heterocycles. The Bertz CT molecular complexity index is 3770. The molecule has 0 saturated carbocycles. The molecule has 0 spiro atoms. The van der Waals surface area contributed by atoms with Crippen LogP contribution in [0.3, 0.4) is 0 Å². The molecule has 290 valence electrons. The number of nitrogens with zero attached hydrogens (tertiary/aromatic N) is 3. The van der Waals surface area contributed by atoms with Crippen molar-refractivity contribution >= 4 is 64.9 Å². The van der Waals surface area contributed by atoms with Gasteiger partial charge >= 0.3 is 0 Å². The molecule has 0 atom stereocenters. The van der Waals surface area contributed by atoms with Crippen LogP contribution in [-0.4, -0.2) is 14.5 Å². The molecule has 13 rings (SSSR count). The van der Waals surface area contributed by atoms with Gasteiger partial charge < -0.3 is 0 Å². The van der Waals surface area contributed by atoms with Crippen LogP contribution in [0.2, 0.25) is 0 Å². The number of aromatic nitrogens is 3. The summed E-state index contributed by atoms with van der Waals surface area (Å²) in [5.74, 6) is 0.680. The van der Waals surface area contributed by atoms with Gasteiger partial charge in [-0.25, -0.2) is 9.97 Å². The molecule has 2 heterocycles. The Hall–Kier alpha value is -7.88. The van der Waals surface area contributed by atoms with Gasteiger partial charge in [-0.15, -0.1) is 0 Å². The molecule has 0 unspecified atom stereocenters. The smallest absolute Gasteiger partial charge is 0.235 e. The molecule has 0 bridgehead atoms. The summed E-state index contributed by atoms with van der Waals surface area (Å²) in [7, 11) is 0. The van der Waals surface area contributed by atoms with Crippen molar-refractivity contribution in [3.8, 4) is 50.6 Å². The highest BCUT2D eigenvalue weighted by Gasteiger charge is 2.40. The zero-order chi connectivity index (χ0) is 41.1. The van der Waals surface area contributed by atoms with Crippen LogP contribution < -0.4 is 0 Å². The predicted molar refractivity (Wildman–Crippen MR) is 260 cm³/mol. The number of hydrogen-bond donors (Lipinski definition) is 0. The molecule has 12 aromatic rings. The van der Waals surface area contributed by atoms with E-state index >= 15 is 0 Å². The molecule has 0 aliphatic heterocycles. The third kappa shape index (κ3) is 5.00. The highest BCUT2D eigenvalue weighted by atomic mass is 15.2. The molecular weight excluding hydrogens is 751 g/mol. The van der Waals surface area contributed by atoms with Gasteiger partial charge in [0.15, 0.2) is 0 Å². The van der Waals surface area contributed by atoms with Crippen LogP contribution in [0.4, 0.5) is 0 Å². The maximum absolute atomic E-state index is 5.69. The second-order valence-electron chi connectivity index (χ2n) is 17.3. The number of hydrogen-bond acceptors (Lipinski definition) is 2. The van der Waals surface area contributed by atoms with Crippen molar-refractivity contribution in [1.29, 1.82) is 0 Å². The second-order valence-corrected chi connectivity index (χ2v) is 17.3. The summed E-state index contributed by atoms with van der Waals surface area (Å²) in [5, 5.41) is 12.4. The summed E-state index contributed by atoms with van der Waals surface area (Å²) < 4.78 is 2.34. The highest BCUT2D eigenvalue weighted by Crippen LogP contribution is 2.52. The lowest BCUT2D eigenvalue weighted by atomic mass is 9.85. The minimum Gasteiger partial charge on any atom is -0.278 e. The van der Waals surface area contributed by atoms with Gasteiger partial charge in [0, 0.05) is 32.7 Å². The van der Waals surface area contributed by atoms with Crippen LogP contribution in [-0.2, 0) is 5.41 Å². The zero-order valence-electron chi connectivity index (χ0n) is 34.4. The molecule has 0 radical (unpaired) electrons. The van der Waals surface area contributed by atoms with E-state index in [0.717, 1.165) is 33.5 Å². The molecule has 10 aromatic carbocycles. The Morgan fingerprint density at radius 3 is 1.58 bits per heavy atom. The van der Waals surface area contributed by atoms with Gasteiger partial charge in [0.25, 0.3) is 0 Å². The van der Waals surface area contributed by atoms with Crippen LogP contribution in [0.1, 0.15) is 25.1 Å². The summed E-state index contributed by atoms with van der Waals surface area (Å²) in [6, 6.07) is 72.9. The first kappa shape index (κ1) is 34.9. The van der Waals surface area contributed by atoms with E-state index in [0.29, 0.717) is 5.95 Å². The number of benzene rings is 10. The molecule has 0 amide bonds. The molecule has 1 aliphatic carbocycles. The molecule has 0 saturated heterocycles. The lowest BCUT2D eigenvalue weighted by Gasteiger charge is -2.21. The van der Waals surface area contributed by atoms with Crippen molar-refractivity contribution in [2.24, 2.45) is 0 Å². The second kappa shape index (κ2) is 13.1. The molecular formula is C59H39N3. The summed E-state index contributed by atoms with van der Waals surface area (Å²) in [4.78, 5) is 11.4. The van der Waals surface area contributed by atoms with Crippen LogP contribution in [0, 0.1) is 0 Å². The van der Waals surface area contributed by atoms with E-state index in [4.69, 9.17) is 9.97 Å². The maximum Gasteiger partial charge on any atom is 0.235 e. The molecule has 3 heteroatoms. The summed E-state index contributed by atoms with van der Waals surface area (Å²) in [6.07, 6.45) is 0. The Morgan fingerprint density at radius 1 is 0.387 bits per heavy atom. The SMILES string of the molecule is CC1(C)c2ccccc2-c2c(-c3ccc(-c4ccc(-c5ccccc5)cc4)cc3)nc(-n3c4cc5ccccc5cc4c4c5c6ccccc6c6ccccc6c5ccc43)nc21. The van der Waals surface area contributed by atoms with E-state index in [1.54, 1.807) is 0 Å². The monoisotopic (exact) mass is 789 g/mol. The zero-order valence-corrected chi connectivity index (χ0v) is 34.4. The lowest BCUT2D eigenvalue weighted by Crippen LogP contribution is -2.18. The van der Waals surface area contributed by atoms with Crippen molar-refractivity contribution in [2.45, 2.75) is 19.3 Å². The maximum atomic E-state index is 5.69. The van der Waals surface area contributed by atoms with E-state index in [1.807, 2.05) is 0 Å². The standard InChI is InChI=1S/C59H39N3/c1-59(2)50-23-13-12-22-48(50)55-56(40-30-28-39(29-31-40)38-26-24-37(25-27-38)36-14-4-3-5-15-36)60-58(61-57(55)59)62-51-33-32-47-45-20-9-8-18-43(45)44-19-10-11-21-46(44)53(47)54(51)49-34-41-16-6-7-17-42(41)35-52(49)62/h3-35H,1-2H3. The van der Waals surface area contributed by atoms with Crippen molar-refractivity contribution in [2.75, 3.05) is 0 Å². The normalized spacial score (nSPS) is 13.1. The Kier molecular flexibility index (Phi) is 7.36. The van der Waals surface area contributed by atoms with Gasteiger partial charge in [-0.1, -0.05) is 196 Å². The van der Waals surface area contributed by atoms with Crippen molar-refractivity contribution in [1.82, 2.24) is 14.5 Å². The predicted octanol–water partition coefficient (Wildman–Crippen LogP) is 15.5. The van der Waals surface area contributed by atoms with Crippen LogP contribution >= 0.6 is 0 Å². The fraction of sp³-hybridized carbons (Fsp3) is 0.0508. The fourth-order valence-electron chi connectivity index (χ4n) is 10.5. The molecule has 1 aliphatic rings. The Morgan fingerprint density at radius 2 is 0.903 bits per heavy atom. The minimum atomic E-state index is -0.341. The highest BCUT2D eigenvalue weighted by molar-refractivity contribution is 6.35. The van der Waals surface area contributed by atoms with Crippen molar-refractivity contribution in [3.05, 3.63) is 211 Å². The van der Waals surface area contributed by atoms with Crippen LogP contribution in [0.25, 0.3) is 115 Å². The lowest BCUT2D eigenvalue weighted by molar-refractivity contribution is 0.632. The summed E-state index contributed by atoms with van der Waals surface area (Å²) in [5.41, 5.74) is 13.3. The molecule has 0 N–H and O–H groups in total. The number of rotatable bonds is 4. The van der Waals surface area contributed by atoms with Gasteiger partial charge in [0.05, 0.1) is 22.4 Å². The van der Waals surface area contributed by atoms with Gasteiger partial charge in [-0.3, -0.25) is 4.57 Å². The molecule has 3 nitrogen and oxygen atoms in total. The minimum absolute atomic E-state index is 0.341. The first-order valence-electron chi connectivity index (χ1n) is 21.5. The van der Waals surface area contributed by atoms with E-state index in [9.17, 15) is 0 Å². The first-order chi connectivity index (χ1) is 30.5. The summed E-state index contributed by atoms with van der Waals surface area (Å²) >= 11 is 0.